The number of hydrogen-bond acceptors (Lipinski definition) is 8. The average molecular weight is 467 g/mol. The Balaban J connectivity index is 2.75. The van der Waals surface area contributed by atoms with Gasteiger partial charge in [-0.05, 0) is 31.5 Å². The number of benzene rings is 1. The topological polar surface area (TPSA) is 220 Å². The third kappa shape index (κ3) is 9.13. The molecule has 4 unspecified atom stereocenters. The molecule has 0 spiro atoms. The molecule has 0 saturated carbocycles. The van der Waals surface area contributed by atoms with Gasteiger partial charge in [-0.25, -0.2) is 4.79 Å². The molecule has 33 heavy (non-hydrogen) atoms. The highest BCUT2D eigenvalue weighted by atomic mass is 16.4. The molecular weight excluding hydrogens is 438 g/mol. The lowest BCUT2D eigenvalue weighted by molar-refractivity contribution is -0.143. The van der Waals surface area contributed by atoms with Crippen molar-refractivity contribution in [3.63, 3.8) is 0 Å². The van der Waals surface area contributed by atoms with E-state index >= 15 is 0 Å². The molecule has 0 bridgehead atoms. The maximum Gasteiger partial charge on any atom is 0.328 e. The summed E-state index contributed by atoms with van der Waals surface area (Å²) in [6.07, 6.45) is 0.0583. The molecule has 182 valence electrons. The molecule has 0 aliphatic heterocycles. The van der Waals surface area contributed by atoms with Crippen LogP contribution in [0.4, 0.5) is 0 Å². The van der Waals surface area contributed by atoms with Gasteiger partial charge in [0.15, 0.2) is 0 Å². The average Bonchev–Trinajstić information content (AvgIpc) is 2.77. The zero-order chi connectivity index (χ0) is 25.1. The third-order valence-corrected chi connectivity index (χ3v) is 4.51. The number of rotatable bonds is 12. The number of hydrogen-bond donors (Lipinski definition) is 8. The Kier molecular flexibility index (Phi) is 10.7. The number of carbonyl (C=O) groups excluding carboxylic acids is 4. The van der Waals surface area contributed by atoms with Gasteiger partial charge in [0.05, 0.1) is 13.2 Å². The molecular formula is C20H29N5O8. The maximum absolute atomic E-state index is 12.7. The minimum Gasteiger partial charge on any atom is -0.508 e. The van der Waals surface area contributed by atoms with E-state index in [9.17, 15) is 29.1 Å². The second-order valence-corrected chi connectivity index (χ2v) is 7.24. The molecule has 0 saturated heterocycles. The predicted octanol–water partition coefficient (Wildman–Crippen LogP) is -3.05. The first-order valence-corrected chi connectivity index (χ1v) is 10.0. The zero-order valence-corrected chi connectivity index (χ0v) is 18.2. The highest BCUT2D eigenvalue weighted by Crippen LogP contribution is 2.11. The smallest absolute Gasteiger partial charge is 0.328 e. The second kappa shape index (κ2) is 13.0. The molecule has 0 fully saturated rings. The van der Waals surface area contributed by atoms with Crippen molar-refractivity contribution in [2.75, 3.05) is 13.2 Å². The third-order valence-electron chi connectivity index (χ3n) is 4.51. The monoisotopic (exact) mass is 467 g/mol. The summed E-state index contributed by atoms with van der Waals surface area (Å²) in [5.41, 5.74) is 5.93. The Hall–Kier alpha value is -3.71. The van der Waals surface area contributed by atoms with E-state index in [2.05, 4.69) is 21.3 Å². The van der Waals surface area contributed by atoms with Crippen LogP contribution in [-0.2, 0) is 30.4 Å². The molecule has 4 amide bonds. The number of carboxylic acid groups (broad SMARTS) is 1. The number of nitrogens with two attached hydrogens (primary N) is 1. The highest BCUT2D eigenvalue weighted by molar-refractivity contribution is 5.94. The summed E-state index contributed by atoms with van der Waals surface area (Å²) in [6, 6.07) is 1.11. The van der Waals surface area contributed by atoms with Gasteiger partial charge in [0.2, 0.25) is 23.6 Å². The quantitative estimate of drug-likeness (QED) is 0.156. The molecule has 1 rings (SSSR count). The van der Waals surface area contributed by atoms with Gasteiger partial charge in [0, 0.05) is 6.42 Å². The summed E-state index contributed by atoms with van der Waals surface area (Å²) in [6.45, 7) is 1.47. The summed E-state index contributed by atoms with van der Waals surface area (Å²) in [4.78, 5) is 59.7. The van der Waals surface area contributed by atoms with Gasteiger partial charge in [-0.3, -0.25) is 19.2 Å². The van der Waals surface area contributed by atoms with E-state index in [1.807, 2.05) is 0 Å². The van der Waals surface area contributed by atoms with Gasteiger partial charge in [-0.1, -0.05) is 12.1 Å². The van der Waals surface area contributed by atoms with Crippen LogP contribution in [0.3, 0.4) is 0 Å². The van der Waals surface area contributed by atoms with Crippen molar-refractivity contribution in [2.45, 2.75) is 44.4 Å². The number of phenolic OH excluding ortho intramolecular Hbond substituents is 1. The fraction of sp³-hybridized carbons (Fsp3) is 0.450. The Morgan fingerprint density at radius 3 is 1.85 bits per heavy atom. The van der Waals surface area contributed by atoms with Gasteiger partial charge in [-0.15, -0.1) is 0 Å². The Labute approximate surface area is 189 Å². The number of aliphatic hydroxyl groups excluding tert-OH is 1. The lowest BCUT2D eigenvalue weighted by atomic mass is 10.0. The molecule has 9 N–H and O–H groups in total. The normalized spacial score (nSPS) is 14.2. The van der Waals surface area contributed by atoms with Crippen LogP contribution in [0.15, 0.2) is 24.3 Å². The van der Waals surface area contributed by atoms with E-state index < -0.39 is 60.4 Å². The van der Waals surface area contributed by atoms with Gasteiger partial charge in [0.25, 0.3) is 0 Å². The minimum atomic E-state index is -1.53. The lowest BCUT2D eigenvalue weighted by Gasteiger charge is -2.23. The van der Waals surface area contributed by atoms with Crippen molar-refractivity contribution < 1.29 is 39.3 Å². The molecule has 13 nitrogen and oxygen atoms in total. The van der Waals surface area contributed by atoms with Gasteiger partial charge < -0.3 is 42.3 Å². The summed E-state index contributed by atoms with van der Waals surface area (Å²) in [5.74, 6) is -4.27. The Morgan fingerprint density at radius 2 is 1.36 bits per heavy atom. The van der Waals surface area contributed by atoms with Gasteiger partial charge >= 0.3 is 5.97 Å². The molecule has 0 aliphatic carbocycles. The van der Waals surface area contributed by atoms with Crippen LogP contribution in [0.25, 0.3) is 0 Å². The van der Waals surface area contributed by atoms with Crippen molar-refractivity contribution in [3.8, 4) is 5.75 Å². The SMILES string of the molecule is CC(NC(=O)C(C)NC(=O)C(Cc1ccc(O)cc1)NC(=O)CN)C(=O)NC(CO)C(=O)O. The van der Waals surface area contributed by atoms with E-state index in [0.29, 0.717) is 5.56 Å². The van der Waals surface area contributed by atoms with Crippen LogP contribution < -0.4 is 27.0 Å². The zero-order valence-electron chi connectivity index (χ0n) is 18.2. The Morgan fingerprint density at radius 1 is 0.848 bits per heavy atom. The first kappa shape index (κ1) is 27.3. The van der Waals surface area contributed by atoms with E-state index in [-0.39, 0.29) is 18.7 Å². The van der Waals surface area contributed by atoms with Gasteiger partial charge in [-0.2, -0.15) is 0 Å². The molecule has 0 heterocycles. The fourth-order valence-electron chi connectivity index (χ4n) is 2.60. The predicted molar refractivity (Wildman–Crippen MR) is 115 cm³/mol. The van der Waals surface area contributed by atoms with Crippen LogP contribution in [-0.4, -0.2) is 82.2 Å². The molecule has 0 aliphatic rings. The Bertz CT molecular complexity index is 861. The van der Waals surface area contributed by atoms with E-state index in [1.54, 1.807) is 12.1 Å². The summed E-state index contributed by atoms with van der Waals surface area (Å²) in [5, 5.41) is 36.5. The molecule has 0 aromatic heterocycles. The van der Waals surface area contributed by atoms with Crippen LogP contribution in [0.2, 0.25) is 0 Å². The van der Waals surface area contributed by atoms with Crippen molar-refractivity contribution in [2.24, 2.45) is 5.73 Å². The number of carboxylic acids is 1. The number of aliphatic carboxylic acids is 1. The van der Waals surface area contributed by atoms with E-state index in [0.717, 1.165) is 0 Å². The van der Waals surface area contributed by atoms with E-state index in [1.165, 1.54) is 26.0 Å². The number of phenols is 1. The maximum atomic E-state index is 12.7. The second-order valence-electron chi connectivity index (χ2n) is 7.24. The number of carbonyl (C=O) groups is 5. The minimum absolute atomic E-state index is 0.0304. The molecule has 1 aromatic rings. The number of aliphatic hydroxyl groups is 1. The number of nitrogens with one attached hydrogen (secondary N) is 4. The largest absolute Gasteiger partial charge is 0.508 e. The van der Waals surface area contributed by atoms with Crippen LogP contribution in [0.5, 0.6) is 5.75 Å². The molecule has 0 radical (unpaired) electrons. The molecule has 4 atom stereocenters. The first-order chi connectivity index (χ1) is 15.5. The van der Waals surface area contributed by atoms with Crippen molar-refractivity contribution >= 4 is 29.6 Å². The lowest BCUT2D eigenvalue weighted by Crippen LogP contribution is -2.57. The highest BCUT2D eigenvalue weighted by Gasteiger charge is 2.27. The number of amides is 4. The summed E-state index contributed by atoms with van der Waals surface area (Å²) >= 11 is 0. The first-order valence-electron chi connectivity index (χ1n) is 10.0. The van der Waals surface area contributed by atoms with Crippen LogP contribution in [0, 0.1) is 0 Å². The summed E-state index contributed by atoms with van der Waals surface area (Å²) in [7, 11) is 0. The van der Waals surface area contributed by atoms with Crippen LogP contribution >= 0.6 is 0 Å². The van der Waals surface area contributed by atoms with Crippen molar-refractivity contribution in [3.05, 3.63) is 29.8 Å². The number of aromatic hydroxyl groups is 1. The fourth-order valence-corrected chi connectivity index (χ4v) is 2.60. The van der Waals surface area contributed by atoms with E-state index in [4.69, 9.17) is 15.9 Å². The van der Waals surface area contributed by atoms with Crippen molar-refractivity contribution in [1.82, 2.24) is 21.3 Å². The van der Waals surface area contributed by atoms with Gasteiger partial charge in [0.1, 0.15) is 29.9 Å². The van der Waals surface area contributed by atoms with Crippen LogP contribution in [0.1, 0.15) is 19.4 Å². The van der Waals surface area contributed by atoms with Crippen molar-refractivity contribution in [1.29, 1.82) is 0 Å². The molecule has 1 aromatic carbocycles. The summed E-state index contributed by atoms with van der Waals surface area (Å²) < 4.78 is 0. The standard InChI is InChI=1S/C20H29N5O8/c1-10(17(29)22-11(2)18(30)25-15(9-26)20(32)33)23-19(31)14(24-16(28)8-21)7-12-3-5-13(27)6-4-12/h3-6,10-11,14-15,26-27H,7-9,21H2,1-2H3,(H,22,29)(H,23,31)(H,24,28)(H,25,30)(H,32,33). The molecule has 13 heteroatoms.